The number of carbonyl (C=O) groups excluding carboxylic acids is 4. The van der Waals surface area contributed by atoms with Gasteiger partial charge in [0.15, 0.2) is 5.78 Å². The van der Waals surface area contributed by atoms with E-state index >= 15 is 0 Å². The van der Waals surface area contributed by atoms with Gasteiger partial charge in [-0.2, -0.15) is 0 Å². The van der Waals surface area contributed by atoms with Crippen molar-refractivity contribution in [2.24, 2.45) is 41.4 Å². The van der Waals surface area contributed by atoms with Crippen LogP contribution in [0.4, 0.5) is 0 Å². The first-order chi connectivity index (χ1) is 32.5. The van der Waals surface area contributed by atoms with Crippen LogP contribution in [0.25, 0.3) is 10.9 Å². The molecule has 2 aliphatic heterocycles. The first-order valence-corrected chi connectivity index (χ1v) is 26.0. The fourth-order valence-corrected chi connectivity index (χ4v) is 12.5. The van der Waals surface area contributed by atoms with Crippen molar-refractivity contribution < 1.29 is 48.3 Å². The van der Waals surface area contributed by atoms with Gasteiger partial charge in [0, 0.05) is 76.2 Å². The number of aryl methyl sites for hydroxylation is 1. The van der Waals surface area contributed by atoms with E-state index in [4.69, 9.17) is 18.9 Å². The minimum Gasteiger partial charge on any atom is -0.488 e. The van der Waals surface area contributed by atoms with E-state index in [-0.39, 0.29) is 85.5 Å². The molecule has 1 aromatic carbocycles. The Labute approximate surface area is 406 Å². The van der Waals surface area contributed by atoms with Crippen molar-refractivity contribution in [1.29, 1.82) is 0 Å². The third kappa shape index (κ3) is 12.2. The van der Waals surface area contributed by atoms with E-state index in [1.807, 2.05) is 39.8 Å². The molecular weight excluding hydrogens is 861 g/mol. The number of methoxy groups -OCH3 is 3. The molecule has 0 spiro atoms. The highest BCUT2D eigenvalue weighted by atomic mass is 16.5. The van der Waals surface area contributed by atoms with Crippen LogP contribution in [0.15, 0.2) is 53.8 Å². The monoisotopic (exact) mass is 945 g/mol. The highest BCUT2D eigenvalue weighted by molar-refractivity contribution is 6.39. The Morgan fingerprint density at radius 3 is 2.26 bits per heavy atom. The van der Waals surface area contributed by atoms with Gasteiger partial charge < -0.3 is 38.6 Å². The molecule has 378 valence electrons. The lowest BCUT2D eigenvalue weighted by molar-refractivity contribution is -0.176. The van der Waals surface area contributed by atoms with Crippen LogP contribution in [-0.2, 0) is 39.9 Å². The fraction of sp³-hybridized carbons (Fsp3) is 0.714. The fourth-order valence-electron chi connectivity index (χ4n) is 12.5. The smallest absolute Gasteiger partial charge is 0.293 e. The molecule has 14 unspecified atom stereocenters. The number of aliphatic hydroxyl groups excluding tert-OH is 1. The van der Waals surface area contributed by atoms with Crippen molar-refractivity contribution in [3.8, 4) is 5.75 Å². The molecular formula is C56H84N2O10. The molecule has 6 rings (SSSR count). The molecule has 12 nitrogen and oxygen atoms in total. The number of rotatable bonds is 10. The van der Waals surface area contributed by atoms with E-state index in [1.54, 1.807) is 28.3 Å². The summed E-state index contributed by atoms with van der Waals surface area (Å²) in [4.78, 5) is 59.4. The maximum absolute atomic E-state index is 14.8. The van der Waals surface area contributed by atoms with Gasteiger partial charge in [-0.15, -0.1) is 0 Å². The van der Waals surface area contributed by atoms with Crippen LogP contribution in [0.2, 0.25) is 0 Å². The molecule has 2 bridgehead atoms. The molecule has 1 aromatic heterocycles. The molecule has 2 saturated carbocycles. The van der Waals surface area contributed by atoms with Crippen LogP contribution in [0, 0.1) is 41.4 Å². The average Bonchev–Trinajstić information content (AvgIpc) is 3.73. The van der Waals surface area contributed by atoms with Crippen molar-refractivity contribution in [3.63, 3.8) is 0 Å². The topological polar surface area (TPSA) is 154 Å². The quantitative estimate of drug-likeness (QED) is 0.174. The predicted molar refractivity (Wildman–Crippen MR) is 265 cm³/mol. The van der Waals surface area contributed by atoms with Crippen LogP contribution in [-0.4, -0.2) is 113 Å². The molecule has 4 aliphatic rings. The van der Waals surface area contributed by atoms with E-state index in [2.05, 4.69) is 48.9 Å². The van der Waals surface area contributed by atoms with E-state index in [0.717, 1.165) is 48.1 Å². The van der Waals surface area contributed by atoms with Gasteiger partial charge in [0.1, 0.15) is 23.2 Å². The lowest BCUT2D eigenvalue weighted by Gasteiger charge is -2.47. The Kier molecular flexibility index (Phi) is 18.9. The molecule has 68 heavy (non-hydrogen) atoms. The molecule has 2 aromatic rings. The Hall–Kier alpha value is -3.68. The molecule has 14 atom stereocenters. The highest BCUT2D eigenvalue weighted by Gasteiger charge is 2.55. The number of amides is 1. The normalized spacial score (nSPS) is 36.5. The number of carbonyl (C=O) groups is 4. The lowest BCUT2D eigenvalue weighted by atomic mass is 9.65. The summed E-state index contributed by atoms with van der Waals surface area (Å²) >= 11 is 0. The number of piperidine rings is 1. The summed E-state index contributed by atoms with van der Waals surface area (Å²) in [7, 11) is 4.99. The number of nitrogens with zero attached hydrogens (tertiary/aromatic N) is 2. The van der Waals surface area contributed by atoms with Crippen molar-refractivity contribution in [1.82, 2.24) is 9.47 Å². The van der Waals surface area contributed by atoms with Crippen molar-refractivity contribution >= 4 is 34.2 Å². The first kappa shape index (κ1) is 53.7. The Balaban J connectivity index is 1.29. The van der Waals surface area contributed by atoms with E-state index in [9.17, 15) is 29.4 Å². The van der Waals surface area contributed by atoms with Gasteiger partial charge in [-0.25, -0.2) is 0 Å². The van der Waals surface area contributed by atoms with Gasteiger partial charge in [-0.05, 0) is 145 Å². The summed E-state index contributed by atoms with van der Waals surface area (Å²) < 4.78 is 27.0. The standard InChI is InChI=1S/C56H84N2O10/c1-11-21-57-23-20-41-30-42(17-18-45(41)57)68-50-19-16-39(29-53(50)67-10)27-36(5)43-31-49(61)46-15-13-14-22-58(46)55(63)54(62)56(64)33-44(52(66-9)28-37(56)6)51(65-8)26-35(4)24-34(3)25-40(12-2)48(60)32-47(59)38(43)7/h17-18,20,23,25,27,30,35,37-40,43-44,46-47,50-53,59,64H,11-16,19,21-22,24,26,28-29,31-33H2,1-10H3/b34-25+,36-27?. The predicted octanol–water partition coefficient (Wildman–Crippen LogP) is 9.25. The molecule has 1 amide bonds. The molecule has 2 aliphatic carbocycles. The number of ether oxygens (including phenoxy) is 4. The number of fused-ring (bicyclic) bond motifs is 4. The third-order valence-electron chi connectivity index (χ3n) is 16.6. The number of aliphatic hydroxyl groups is 2. The minimum absolute atomic E-state index is 0.000796. The zero-order valence-electron chi connectivity index (χ0n) is 42.9. The van der Waals surface area contributed by atoms with Gasteiger partial charge in [0.25, 0.3) is 11.7 Å². The molecule has 1 saturated heterocycles. The van der Waals surface area contributed by atoms with Crippen molar-refractivity contribution in [2.75, 3.05) is 27.9 Å². The van der Waals surface area contributed by atoms with Gasteiger partial charge in [-0.1, -0.05) is 57.9 Å². The van der Waals surface area contributed by atoms with Crippen molar-refractivity contribution in [2.45, 2.75) is 187 Å². The third-order valence-corrected chi connectivity index (χ3v) is 16.6. The Morgan fingerprint density at radius 1 is 0.853 bits per heavy atom. The molecule has 0 radical (unpaired) electrons. The Bertz CT molecular complexity index is 2110. The van der Waals surface area contributed by atoms with Crippen LogP contribution in [0.3, 0.4) is 0 Å². The zero-order valence-corrected chi connectivity index (χ0v) is 42.9. The van der Waals surface area contributed by atoms with E-state index < -0.39 is 47.2 Å². The molecule has 2 N–H and O–H groups in total. The summed E-state index contributed by atoms with van der Waals surface area (Å²) in [6.45, 7) is 15.3. The second kappa shape index (κ2) is 24.0. The summed E-state index contributed by atoms with van der Waals surface area (Å²) in [6, 6.07) is 7.52. The van der Waals surface area contributed by atoms with Crippen LogP contribution in [0.1, 0.15) is 138 Å². The lowest BCUT2D eigenvalue weighted by Crippen LogP contribution is -2.61. The molecule has 3 fully saturated rings. The maximum Gasteiger partial charge on any atom is 0.293 e. The molecule has 12 heteroatoms. The number of allylic oxidation sites excluding steroid dienone is 4. The maximum atomic E-state index is 14.8. The second-order valence-electron chi connectivity index (χ2n) is 21.4. The summed E-state index contributed by atoms with van der Waals surface area (Å²) in [5.41, 5.74) is 1.22. The SMILES string of the molecule is CCCn1ccc2cc(OC3CCC(C=C(C)C4CC(=O)C5CCCCN5C(=O)C(=O)C5(O)CC(C(OC)CC(C)C/C(C)=C/C(CC)C(=O)CC(O)C4C)C(OC)CC5C)CC3OC)ccc21. The van der Waals surface area contributed by atoms with Crippen LogP contribution < -0.4 is 4.74 Å². The number of aromatic nitrogens is 1. The van der Waals surface area contributed by atoms with Crippen LogP contribution >= 0.6 is 0 Å². The van der Waals surface area contributed by atoms with E-state index in [0.29, 0.717) is 51.4 Å². The minimum atomic E-state index is -1.97. The van der Waals surface area contributed by atoms with Gasteiger partial charge >= 0.3 is 0 Å². The number of hydrogen-bond donors (Lipinski definition) is 2. The summed E-state index contributed by atoms with van der Waals surface area (Å²) in [5.74, 6) is -3.12. The van der Waals surface area contributed by atoms with Gasteiger partial charge in [0.2, 0.25) is 0 Å². The zero-order chi connectivity index (χ0) is 49.4. The second-order valence-corrected chi connectivity index (χ2v) is 21.4. The Morgan fingerprint density at radius 2 is 1.57 bits per heavy atom. The average molecular weight is 945 g/mol. The van der Waals surface area contributed by atoms with Gasteiger partial charge in [0.05, 0.1) is 30.5 Å². The molecule has 3 heterocycles. The number of benzene rings is 1. The van der Waals surface area contributed by atoms with Crippen LogP contribution in [0.5, 0.6) is 5.75 Å². The highest BCUT2D eigenvalue weighted by Crippen LogP contribution is 2.44. The summed E-state index contributed by atoms with van der Waals surface area (Å²) in [5, 5.41) is 25.5. The largest absolute Gasteiger partial charge is 0.488 e. The van der Waals surface area contributed by atoms with E-state index in [1.165, 1.54) is 10.4 Å². The first-order valence-electron chi connectivity index (χ1n) is 26.0. The van der Waals surface area contributed by atoms with Gasteiger partial charge in [-0.3, -0.25) is 19.2 Å². The number of ketones is 3. The number of hydrogen-bond acceptors (Lipinski definition) is 10. The summed E-state index contributed by atoms with van der Waals surface area (Å²) in [6.07, 6.45) is 11.7. The van der Waals surface area contributed by atoms with Crippen molar-refractivity contribution in [3.05, 3.63) is 53.8 Å². The number of Topliss-reactive ketones (excluding diaryl/α,β-unsaturated/α-hetero) is 3.